The van der Waals surface area contributed by atoms with E-state index < -0.39 is 10.0 Å². The van der Waals surface area contributed by atoms with Gasteiger partial charge in [-0.1, -0.05) is 0 Å². The van der Waals surface area contributed by atoms with E-state index in [0.29, 0.717) is 31.9 Å². The van der Waals surface area contributed by atoms with Crippen molar-refractivity contribution in [2.45, 2.75) is 62.0 Å². The molecule has 1 aromatic carbocycles. The maximum atomic E-state index is 13.5. The number of piperidine rings is 1. The number of hydrogen-bond donors (Lipinski definition) is 1. The highest BCUT2D eigenvalue weighted by Crippen LogP contribution is 2.41. The first-order valence-electron chi connectivity index (χ1n) is 12.1. The summed E-state index contributed by atoms with van der Waals surface area (Å²) in [5, 5.41) is 2.89. The number of nitrogens with one attached hydrogen (secondary N) is 1. The maximum Gasteiger partial charge on any atom is 0.250 e. The van der Waals surface area contributed by atoms with Crippen LogP contribution in [0.15, 0.2) is 23.1 Å². The molecule has 3 saturated heterocycles. The van der Waals surface area contributed by atoms with Crippen molar-refractivity contribution in [2.24, 2.45) is 0 Å². The zero-order valence-electron chi connectivity index (χ0n) is 18.9. The van der Waals surface area contributed by atoms with Crippen LogP contribution in [0.3, 0.4) is 0 Å². The van der Waals surface area contributed by atoms with Crippen molar-refractivity contribution < 1.29 is 22.7 Å². The Morgan fingerprint density at radius 1 is 1.03 bits per heavy atom. The van der Waals surface area contributed by atoms with Gasteiger partial charge in [-0.15, -0.1) is 0 Å². The number of hydrogen-bond acceptors (Lipinski definition) is 6. The Morgan fingerprint density at radius 2 is 1.82 bits per heavy atom. The van der Waals surface area contributed by atoms with Gasteiger partial charge in [0.25, 0.3) is 0 Å². The first-order valence-corrected chi connectivity index (χ1v) is 13.5. The minimum atomic E-state index is -3.63. The van der Waals surface area contributed by atoms with Gasteiger partial charge in [0.15, 0.2) is 0 Å². The number of benzene rings is 1. The molecule has 0 radical (unpaired) electrons. The summed E-state index contributed by atoms with van der Waals surface area (Å²) >= 11 is 0. The summed E-state index contributed by atoms with van der Waals surface area (Å²) in [4.78, 5) is 30.0. The van der Waals surface area contributed by atoms with E-state index >= 15 is 0 Å². The molecular weight excluding hydrogens is 444 g/mol. The number of carbonyl (C=O) groups excluding carboxylic acids is 2. The van der Waals surface area contributed by atoms with Gasteiger partial charge in [0.05, 0.1) is 22.4 Å². The first-order chi connectivity index (χ1) is 15.9. The van der Waals surface area contributed by atoms with E-state index in [9.17, 15) is 18.0 Å². The molecule has 4 heterocycles. The van der Waals surface area contributed by atoms with Crippen LogP contribution in [0.4, 0.5) is 11.4 Å². The van der Waals surface area contributed by atoms with E-state index in [1.165, 1.54) is 9.21 Å². The van der Waals surface area contributed by atoms with Crippen molar-refractivity contribution >= 4 is 33.2 Å². The Kier molecular flexibility index (Phi) is 6.32. The predicted octanol–water partition coefficient (Wildman–Crippen LogP) is 1.47. The molecule has 9 nitrogen and oxygen atoms in total. The van der Waals surface area contributed by atoms with E-state index in [0.717, 1.165) is 57.2 Å². The van der Waals surface area contributed by atoms with Crippen molar-refractivity contribution in [2.75, 3.05) is 49.1 Å². The summed E-state index contributed by atoms with van der Waals surface area (Å²) < 4.78 is 33.4. The standard InChI is InChI=1S/C23H32N4O5S/c28-22(24-15-17-6-5-13-32-17)16-27-21-14-18(33(30,31)25-10-3-4-11-25)8-9-19(21)26-12-2-1-7-20(26)23(27)29/h8-9,14,17,20H,1-7,10-13,15-16H2,(H,24,28)/t17-,20+/m1/s1. The van der Waals surface area contributed by atoms with Gasteiger partial charge in [0, 0.05) is 32.8 Å². The van der Waals surface area contributed by atoms with Crippen LogP contribution in [0, 0.1) is 0 Å². The molecule has 180 valence electrons. The van der Waals surface area contributed by atoms with E-state index in [1.807, 2.05) is 0 Å². The molecule has 1 N–H and O–H groups in total. The van der Waals surface area contributed by atoms with Crippen molar-refractivity contribution in [3.05, 3.63) is 18.2 Å². The number of carbonyl (C=O) groups is 2. The van der Waals surface area contributed by atoms with Gasteiger partial charge < -0.3 is 15.0 Å². The van der Waals surface area contributed by atoms with Gasteiger partial charge >= 0.3 is 0 Å². The van der Waals surface area contributed by atoms with Gasteiger partial charge in [-0.05, 0) is 63.1 Å². The summed E-state index contributed by atoms with van der Waals surface area (Å²) in [5.74, 6) is -0.396. The molecule has 0 bridgehead atoms. The fourth-order valence-corrected chi connectivity index (χ4v) is 6.91. The predicted molar refractivity (Wildman–Crippen MR) is 124 cm³/mol. The lowest BCUT2D eigenvalue weighted by Gasteiger charge is -2.45. The normalized spacial score (nSPS) is 25.8. The van der Waals surface area contributed by atoms with Gasteiger partial charge in [-0.25, -0.2) is 8.42 Å². The van der Waals surface area contributed by atoms with E-state index in [1.54, 1.807) is 18.2 Å². The second-order valence-corrected chi connectivity index (χ2v) is 11.3. The van der Waals surface area contributed by atoms with E-state index in [2.05, 4.69) is 10.2 Å². The summed E-state index contributed by atoms with van der Waals surface area (Å²) in [6.07, 6.45) is 6.32. The first kappa shape index (κ1) is 22.6. The number of sulfonamides is 1. The van der Waals surface area contributed by atoms with Crippen LogP contribution in [0.1, 0.15) is 44.9 Å². The summed E-state index contributed by atoms with van der Waals surface area (Å²) in [6, 6.07) is 4.72. The minimum Gasteiger partial charge on any atom is -0.376 e. The zero-order valence-corrected chi connectivity index (χ0v) is 19.7. The van der Waals surface area contributed by atoms with E-state index in [4.69, 9.17) is 4.74 Å². The van der Waals surface area contributed by atoms with Crippen LogP contribution < -0.4 is 15.1 Å². The Morgan fingerprint density at radius 3 is 2.58 bits per heavy atom. The smallest absolute Gasteiger partial charge is 0.250 e. The zero-order chi connectivity index (χ0) is 23.0. The molecule has 0 unspecified atom stereocenters. The molecule has 4 aliphatic heterocycles. The Bertz CT molecular complexity index is 1020. The Labute approximate surface area is 195 Å². The van der Waals surface area contributed by atoms with E-state index in [-0.39, 0.29) is 35.4 Å². The molecule has 3 fully saturated rings. The van der Waals surface area contributed by atoms with Crippen molar-refractivity contribution in [3.8, 4) is 0 Å². The molecule has 33 heavy (non-hydrogen) atoms. The third-order valence-corrected chi connectivity index (χ3v) is 9.05. The molecule has 10 heteroatoms. The molecule has 0 aliphatic carbocycles. The van der Waals surface area contributed by atoms with Gasteiger partial charge in [0.1, 0.15) is 12.6 Å². The van der Waals surface area contributed by atoms with Crippen LogP contribution in [0.5, 0.6) is 0 Å². The SMILES string of the molecule is O=C(CN1C(=O)[C@@H]2CCCCN2c2ccc(S(=O)(=O)N3CCCC3)cc21)NC[C@H]1CCCO1. The minimum absolute atomic E-state index is 0.0179. The highest BCUT2D eigenvalue weighted by atomic mass is 32.2. The van der Waals surface area contributed by atoms with Gasteiger partial charge in [0.2, 0.25) is 21.8 Å². The lowest BCUT2D eigenvalue weighted by Crippen LogP contribution is -2.57. The fourth-order valence-electron chi connectivity index (χ4n) is 5.37. The summed E-state index contributed by atoms with van der Waals surface area (Å²) in [7, 11) is -3.63. The van der Waals surface area contributed by atoms with Crippen molar-refractivity contribution in [1.29, 1.82) is 0 Å². The molecule has 2 amide bonds. The Balaban J connectivity index is 1.44. The third kappa shape index (κ3) is 4.36. The average Bonchev–Trinajstić information content (AvgIpc) is 3.55. The number of fused-ring (bicyclic) bond motifs is 3. The molecule has 2 atom stereocenters. The maximum absolute atomic E-state index is 13.5. The van der Waals surface area contributed by atoms with Crippen LogP contribution in [-0.2, 0) is 24.3 Å². The lowest BCUT2D eigenvalue weighted by molar-refractivity contribution is -0.125. The molecular formula is C23H32N4O5S. The quantitative estimate of drug-likeness (QED) is 0.668. The van der Waals surface area contributed by atoms with Gasteiger partial charge in [-0.2, -0.15) is 4.31 Å². The van der Waals surface area contributed by atoms with Crippen molar-refractivity contribution in [1.82, 2.24) is 9.62 Å². The van der Waals surface area contributed by atoms with Crippen LogP contribution in [0.25, 0.3) is 0 Å². The van der Waals surface area contributed by atoms with Crippen LogP contribution in [0.2, 0.25) is 0 Å². The molecule has 0 aromatic heterocycles. The lowest BCUT2D eigenvalue weighted by atomic mass is 9.96. The second kappa shape index (κ2) is 9.23. The topological polar surface area (TPSA) is 99.3 Å². The Hall–Kier alpha value is -2.17. The van der Waals surface area contributed by atoms with Crippen LogP contribution >= 0.6 is 0 Å². The number of anilines is 2. The second-order valence-electron chi connectivity index (χ2n) is 9.33. The summed E-state index contributed by atoms with van der Waals surface area (Å²) in [6.45, 7) is 2.79. The highest BCUT2D eigenvalue weighted by molar-refractivity contribution is 7.89. The van der Waals surface area contributed by atoms with Crippen molar-refractivity contribution in [3.63, 3.8) is 0 Å². The molecule has 4 aliphatic rings. The average molecular weight is 477 g/mol. The molecule has 1 aromatic rings. The third-order valence-electron chi connectivity index (χ3n) is 7.16. The number of amides is 2. The molecule has 0 saturated carbocycles. The number of rotatable bonds is 6. The van der Waals surface area contributed by atoms with Crippen LogP contribution in [-0.4, -0.2) is 76.0 Å². The highest BCUT2D eigenvalue weighted by Gasteiger charge is 2.41. The number of ether oxygens (including phenoxy) is 1. The largest absolute Gasteiger partial charge is 0.376 e. The summed E-state index contributed by atoms with van der Waals surface area (Å²) in [5.41, 5.74) is 1.33. The fraction of sp³-hybridized carbons (Fsp3) is 0.652. The molecule has 5 rings (SSSR count). The number of nitrogens with zero attached hydrogens (tertiary/aromatic N) is 3. The monoisotopic (exact) mass is 476 g/mol. The molecule has 0 spiro atoms. The van der Waals surface area contributed by atoms with Gasteiger partial charge in [-0.3, -0.25) is 14.5 Å².